The number of aromatic nitrogens is 3. The number of aliphatic imine (C=N–C) groups is 1. The molecule has 0 amide bonds. The molecule has 3 aromatic heterocycles. The molecule has 0 fully saturated rings. The fraction of sp³-hybridized carbons (Fsp3) is 0.0769. The van der Waals surface area contributed by atoms with Crippen molar-refractivity contribution in [2.75, 3.05) is 4.90 Å². The van der Waals surface area contributed by atoms with Crippen LogP contribution in [0.4, 0.5) is 22.2 Å². The number of benzene rings is 2. The van der Waals surface area contributed by atoms with Crippen molar-refractivity contribution in [3.63, 3.8) is 0 Å². The monoisotopic (exact) mass is 491 g/mol. The molecule has 0 radical (unpaired) electrons. The van der Waals surface area contributed by atoms with Crippen LogP contribution in [0.15, 0.2) is 71.9 Å². The predicted molar refractivity (Wildman–Crippen MR) is 141 cm³/mol. The smallest absolute Gasteiger partial charge is 0.220 e. The summed E-state index contributed by atoms with van der Waals surface area (Å²) in [6.07, 6.45) is 1.67. The molecule has 168 valence electrons. The maximum atomic E-state index is 9.05. The van der Waals surface area contributed by atoms with Gasteiger partial charge in [0.1, 0.15) is 28.2 Å². The second kappa shape index (κ2) is 9.43. The van der Waals surface area contributed by atoms with Crippen molar-refractivity contribution in [1.82, 2.24) is 13.7 Å². The number of hydrogen-bond acceptors (Lipinski definition) is 9. The van der Waals surface area contributed by atoms with Gasteiger partial charge in [0, 0.05) is 28.0 Å². The van der Waals surface area contributed by atoms with Crippen molar-refractivity contribution in [3.8, 4) is 22.6 Å². The summed E-state index contributed by atoms with van der Waals surface area (Å²) in [4.78, 5) is 11.6. The van der Waals surface area contributed by atoms with Crippen LogP contribution in [0.1, 0.15) is 11.1 Å². The summed E-state index contributed by atoms with van der Waals surface area (Å²) in [5.74, 6) is 0.216. The average molecular weight is 492 g/mol. The SMILES string of the molecule is Cc1ccc(N(c2ccc(C)cc2)c2ccc(-c3cnc(N=C(C#N)C#N)c4nsnc34)s2)cc1. The minimum absolute atomic E-state index is 0.216. The first-order chi connectivity index (χ1) is 17.1. The molecular formula is C26H17N7S2. The van der Waals surface area contributed by atoms with Crippen LogP contribution in [-0.2, 0) is 0 Å². The summed E-state index contributed by atoms with van der Waals surface area (Å²) in [5.41, 5.74) is 6.20. The van der Waals surface area contributed by atoms with Crippen molar-refractivity contribution in [1.29, 1.82) is 10.5 Å². The molecule has 2 aromatic carbocycles. The first-order valence-corrected chi connectivity index (χ1v) is 12.2. The highest BCUT2D eigenvalue weighted by atomic mass is 32.1. The molecule has 35 heavy (non-hydrogen) atoms. The predicted octanol–water partition coefficient (Wildman–Crippen LogP) is 7.02. The van der Waals surface area contributed by atoms with E-state index in [-0.39, 0.29) is 11.5 Å². The van der Waals surface area contributed by atoms with Gasteiger partial charge in [0.05, 0.1) is 11.7 Å². The molecule has 5 aromatic rings. The first kappa shape index (κ1) is 22.4. The third-order valence-corrected chi connectivity index (χ3v) is 7.00. The number of thiophene rings is 1. The summed E-state index contributed by atoms with van der Waals surface area (Å²) in [6, 6.07) is 24.5. The van der Waals surface area contributed by atoms with Crippen LogP contribution < -0.4 is 4.90 Å². The average Bonchev–Trinajstić information content (AvgIpc) is 3.56. The lowest BCUT2D eigenvalue weighted by molar-refractivity contribution is 1.29. The molecule has 0 aliphatic heterocycles. The van der Waals surface area contributed by atoms with Crippen LogP contribution in [0.2, 0.25) is 0 Å². The molecule has 0 aliphatic rings. The Morgan fingerprint density at radius 1 is 0.829 bits per heavy atom. The van der Waals surface area contributed by atoms with Gasteiger partial charge in [-0.1, -0.05) is 35.4 Å². The number of anilines is 3. The molecule has 0 bridgehead atoms. The van der Waals surface area contributed by atoms with E-state index in [9.17, 15) is 0 Å². The van der Waals surface area contributed by atoms with E-state index in [1.807, 2.05) is 6.07 Å². The molecular weight excluding hydrogens is 474 g/mol. The van der Waals surface area contributed by atoms with Gasteiger partial charge in [-0.05, 0) is 50.2 Å². The van der Waals surface area contributed by atoms with Crippen LogP contribution >= 0.6 is 23.1 Å². The van der Waals surface area contributed by atoms with E-state index < -0.39 is 0 Å². The highest BCUT2D eigenvalue weighted by Crippen LogP contribution is 2.43. The number of fused-ring (bicyclic) bond motifs is 1. The minimum atomic E-state index is -0.273. The molecule has 0 aliphatic carbocycles. The molecule has 0 saturated heterocycles. The molecule has 5 rings (SSSR count). The molecule has 0 N–H and O–H groups in total. The van der Waals surface area contributed by atoms with E-state index >= 15 is 0 Å². The maximum Gasteiger partial charge on any atom is 0.220 e. The third kappa shape index (κ3) is 4.38. The zero-order valence-electron chi connectivity index (χ0n) is 18.8. The van der Waals surface area contributed by atoms with Crippen LogP contribution in [0.5, 0.6) is 0 Å². The van der Waals surface area contributed by atoms with E-state index in [2.05, 4.69) is 92.1 Å². The van der Waals surface area contributed by atoms with Gasteiger partial charge in [0.2, 0.25) is 5.71 Å². The summed E-state index contributed by atoms with van der Waals surface area (Å²) < 4.78 is 8.77. The highest BCUT2D eigenvalue weighted by molar-refractivity contribution is 7.19. The lowest BCUT2D eigenvalue weighted by Crippen LogP contribution is -2.08. The van der Waals surface area contributed by atoms with Crippen molar-refractivity contribution >= 4 is 62.0 Å². The lowest BCUT2D eigenvalue weighted by Gasteiger charge is -2.24. The van der Waals surface area contributed by atoms with Gasteiger partial charge in [0.25, 0.3) is 0 Å². The van der Waals surface area contributed by atoms with Gasteiger partial charge in [-0.25, -0.2) is 9.98 Å². The van der Waals surface area contributed by atoms with Gasteiger partial charge < -0.3 is 4.90 Å². The molecule has 0 unspecified atom stereocenters. The summed E-state index contributed by atoms with van der Waals surface area (Å²) in [5, 5.41) is 19.1. The Morgan fingerprint density at radius 2 is 1.43 bits per heavy atom. The largest absolute Gasteiger partial charge is 0.302 e. The van der Waals surface area contributed by atoms with E-state index in [1.54, 1.807) is 29.7 Å². The zero-order chi connectivity index (χ0) is 24.4. The Labute approximate surface area is 210 Å². The van der Waals surface area contributed by atoms with Crippen molar-refractivity contribution < 1.29 is 0 Å². The zero-order valence-corrected chi connectivity index (χ0v) is 20.4. The van der Waals surface area contributed by atoms with Crippen molar-refractivity contribution in [3.05, 3.63) is 78.0 Å². The fourth-order valence-corrected chi connectivity index (χ4v) is 5.20. The Balaban J connectivity index is 1.60. The minimum Gasteiger partial charge on any atom is -0.302 e. The first-order valence-electron chi connectivity index (χ1n) is 10.6. The van der Waals surface area contributed by atoms with E-state index in [1.165, 1.54) is 11.1 Å². The van der Waals surface area contributed by atoms with Crippen LogP contribution in [0, 0.1) is 36.5 Å². The van der Waals surface area contributed by atoms with Gasteiger partial charge in [0.15, 0.2) is 5.82 Å². The van der Waals surface area contributed by atoms with Crippen molar-refractivity contribution in [2.45, 2.75) is 13.8 Å². The summed E-state index contributed by atoms with van der Waals surface area (Å²) >= 11 is 2.67. The van der Waals surface area contributed by atoms with Crippen LogP contribution in [-0.4, -0.2) is 19.4 Å². The van der Waals surface area contributed by atoms with Crippen LogP contribution in [0.25, 0.3) is 21.5 Å². The molecule has 0 spiro atoms. The molecule has 0 saturated carbocycles. The Bertz CT molecular complexity index is 1570. The standard InChI is InChI=1S/C26H17N7S2/c1-16-3-7-19(8-4-16)33(20-9-5-17(2)6-10-20)23-12-11-22(34-23)21-15-29-26(30-18(13-27)14-28)25-24(21)31-35-32-25/h3-12,15H,1-2H3. The quantitative estimate of drug-likeness (QED) is 0.245. The second-order valence-electron chi connectivity index (χ2n) is 7.79. The van der Waals surface area contributed by atoms with E-state index in [0.29, 0.717) is 11.0 Å². The van der Waals surface area contributed by atoms with Gasteiger partial charge in [-0.2, -0.15) is 19.3 Å². The Morgan fingerprint density at radius 3 is 2.03 bits per heavy atom. The highest BCUT2D eigenvalue weighted by Gasteiger charge is 2.19. The number of nitrogens with zero attached hydrogens (tertiary/aromatic N) is 7. The molecule has 0 atom stereocenters. The van der Waals surface area contributed by atoms with E-state index in [4.69, 9.17) is 10.5 Å². The topological polar surface area (TPSA) is 102 Å². The Hall–Kier alpha value is -4.44. The van der Waals surface area contributed by atoms with E-state index in [0.717, 1.165) is 38.5 Å². The molecule has 9 heteroatoms. The van der Waals surface area contributed by atoms with Crippen LogP contribution in [0.3, 0.4) is 0 Å². The molecule has 3 heterocycles. The molecule has 7 nitrogen and oxygen atoms in total. The number of nitriles is 2. The van der Waals surface area contributed by atoms with Gasteiger partial charge >= 0.3 is 0 Å². The fourth-order valence-electron chi connectivity index (χ4n) is 3.59. The Kier molecular flexibility index (Phi) is 6.02. The van der Waals surface area contributed by atoms with Crippen molar-refractivity contribution in [2.24, 2.45) is 4.99 Å². The lowest BCUT2D eigenvalue weighted by atomic mass is 10.1. The van der Waals surface area contributed by atoms with Gasteiger partial charge in [-0.15, -0.1) is 11.3 Å². The number of aryl methyl sites for hydroxylation is 2. The number of rotatable bonds is 5. The summed E-state index contributed by atoms with van der Waals surface area (Å²) in [6.45, 7) is 4.15. The maximum absolute atomic E-state index is 9.05. The normalized spacial score (nSPS) is 10.5. The summed E-state index contributed by atoms with van der Waals surface area (Å²) in [7, 11) is 0. The number of pyridine rings is 1. The second-order valence-corrected chi connectivity index (χ2v) is 9.38. The third-order valence-electron chi connectivity index (χ3n) is 5.36. The number of hydrogen-bond donors (Lipinski definition) is 0. The van der Waals surface area contributed by atoms with Gasteiger partial charge in [-0.3, -0.25) is 0 Å².